The molecule has 24 heavy (non-hydrogen) atoms. The number of amides is 1. The molecule has 0 saturated carbocycles. The molecule has 0 spiro atoms. The van der Waals surface area contributed by atoms with Gasteiger partial charge in [0.15, 0.2) is 0 Å². The first-order valence-corrected chi connectivity index (χ1v) is 9.25. The molecule has 0 unspecified atom stereocenters. The monoisotopic (exact) mass is 366 g/mol. The predicted octanol–water partition coefficient (Wildman–Crippen LogP) is 3.59. The topological polar surface area (TPSA) is 75.3 Å². The van der Waals surface area contributed by atoms with Gasteiger partial charge in [0.05, 0.1) is 4.90 Å². The van der Waals surface area contributed by atoms with Gasteiger partial charge >= 0.3 is 0 Å². The quantitative estimate of drug-likeness (QED) is 0.849. The molecule has 2 aromatic rings. The number of benzene rings is 2. The van der Waals surface area contributed by atoms with Crippen LogP contribution in [-0.2, 0) is 10.0 Å². The van der Waals surface area contributed by atoms with Crippen molar-refractivity contribution >= 4 is 33.2 Å². The Balaban J connectivity index is 2.17. The van der Waals surface area contributed by atoms with E-state index in [0.29, 0.717) is 16.3 Å². The van der Waals surface area contributed by atoms with Gasteiger partial charge in [0, 0.05) is 22.3 Å². The van der Waals surface area contributed by atoms with E-state index in [-0.39, 0.29) is 16.8 Å². The molecule has 0 radical (unpaired) electrons. The SMILES string of the molecule is Cc1cc(Cl)ccc1NC(=O)c1ccc(S(=O)(=O)NC(C)C)cc1. The van der Waals surface area contributed by atoms with E-state index in [1.165, 1.54) is 24.3 Å². The van der Waals surface area contributed by atoms with Crippen LogP contribution in [0.4, 0.5) is 5.69 Å². The summed E-state index contributed by atoms with van der Waals surface area (Å²) < 4.78 is 26.6. The number of carbonyl (C=O) groups excluding carboxylic acids is 1. The molecule has 0 aliphatic heterocycles. The van der Waals surface area contributed by atoms with E-state index < -0.39 is 10.0 Å². The maximum Gasteiger partial charge on any atom is 0.255 e. The number of anilines is 1. The average Bonchev–Trinajstić information content (AvgIpc) is 2.49. The zero-order valence-electron chi connectivity index (χ0n) is 13.6. The summed E-state index contributed by atoms with van der Waals surface area (Å²) in [5.74, 6) is -0.318. The molecule has 2 rings (SSSR count). The lowest BCUT2D eigenvalue weighted by Gasteiger charge is -2.11. The minimum atomic E-state index is -3.57. The third kappa shape index (κ3) is 4.56. The van der Waals surface area contributed by atoms with E-state index in [0.717, 1.165) is 5.56 Å². The van der Waals surface area contributed by atoms with Crippen LogP contribution in [0.15, 0.2) is 47.4 Å². The maximum atomic E-state index is 12.3. The Labute approximate surface area is 147 Å². The molecule has 0 aromatic heterocycles. The molecule has 2 aromatic carbocycles. The predicted molar refractivity (Wildman–Crippen MR) is 96.0 cm³/mol. The fourth-order valence-corrected chi connectivity index (χ4v) is 3.60. The van der Waals surface area contributed by atoms with E-state index in [1.807, 2.05) is 6.92 Å². The second kappa shape index (κ2) is 7.34. The molecule has 0 heterocycles. The van der Waals surface area contributed by atoms with E-state index in [2.05, 4.69) is 10.0 Å². The Hall–Kier alpha value is -1.89. The van der Waals surface area contributed by atoms with Crippen LogP contribution in [0.5, 0.6) is 0 Å². The Morgan fingerprint density at radius 1 is 1.08 bits per heavy atom. The van der Waals surface area contributed by atoms with Gasteiger partial charge in [0.25, 0.3) is 5.91 Å². The van der Waals surface area contributed by atoms with E-state index in [4.69, 9.17) is 11.6 Å². The number of hydrogen-bond donors (Lipinski definition) is 2. The maximum absolute atomic E-state index is 12.3. The molecule has 1 amide bonds. The zero-order valence-corrected chi connectivity index (χ0v) is 15.2. The van der Waals surface area contributed by atoms with E-state index in [1.54, 1.807) is 32.0 Å². The summed E-state index contributed by atoms with van der Waals surface area (Å²) in [6, 6.07) is 10.8. The minimum Gasteiger partial charge on any atom is -0.322 e. The number of hydrogen-bond acceptors (Lipinski definition) is 3. The number of halogens is 1. The Morgan fingerprint density at radius 2 is 1.71 bits per heavy atom. The van der Waals surface area contributed by atoms with Crippen molar-refractivity contribution < 1.29 is 13.2 Å². The van der Waals surface area contributed by atoms with Crippen LogP contribution in [0.1, 0.15) is 29.8 Å². The zero-order chi connectivity index (χ0) is 17.9. The molecular weight excluding hydrogens is 348 g/mol. The van der Waals surface area contributed by atoms with Crippen molar-refractivity contribution in [3.63, 3.8) is 0 Å². The highest BCUT2D eigenvalue weighted by Gasteiger charge is 2.16. The van der Waals surface area contributed by atoms with Gasteiger partial charge in [-0.25, -0.2) is 13.1 Å². The van der Waals surface area contributed by atoms with E-state index in [9.17, 15) is 13.2 Å². The van der Waals surface area contributed by atoms with Crippen LogP contribution >= 0.6 is 11.6 Å². The summed E-state index contributed by atoms with van der Waals surface area (Å²) in [5.41, 5.74) is 1.87. The largest absolute Gasteiger partial charge is 0.322 e. The lowest BCUT2D eigenvalue weighted by atomic mass is 10.1. The van der Waals surface area contributed by atoms with Crippen molar-refractivity contribution in [1.82, 2.24) is 4.72 Å². The smallest absolute Gasteiger partial charge is 0.255 e. The number of aryl methyl sites for hydroxylation is 1. The van der Waals surface area contributed by atoms with Crippen LogP contribution in [0.2, 0.25) is 5.02 Å². The van der Waals surface area contributed by atoms with Crippen LogP contribution in [0.3, 0.4) is 0 Å². The highest BCUT2D eigenvalue weighted by atomic mass is 35.5. The lowest BCUT2D eigenvalue weighted by Crippen LogP contribution is -2.30. The molecule has 5 nitrogen and oxygen atoms in total. The molecule has 0 fully saturated rings. The van der Waals surface area contributed by atoms with Gasteiger partial charge in [-0.1, -0.05) is 11.6 Å². The highest BCUT2D eigenvalue weighted by Crippen LogP contribution is 2.20. The van der Waals surface area contributed by atoms with Gasteiger partial charge < -0.3 is 5.32 Å². The second-order valence-electron chi connectivity index (χ2n) is 5.71. The van der Waals surface area contributed by atoms with Crippen molar-refractivity contribution in [2.75, 3.05) is 5.32 Å². The first-order chi connectivity index (χ1) is 11.2. The highest BCUT2D eigenvalue weighted by molar-refractivity contribution is 7.89. The fraction of sp³-hybridized carbons (Fsp3) is 0.235. The number of rotatable bonds is 5. The molecule has 7 heteroatoms. The average molecular weight is 367 g/mol. The van der Waals surface area contributed by atoms with E-state index >= 15 is 0 Å². The Kier molecular flexibility index (Phi) is 5.64. The number of sulfonamides is 1. The van der Waals surface area contributed by atoms with Crippen molar-refractivity contribution in [3.8, 4) is 0 Å². The summed E-state index contributed by atoms with van der Waals surface area (Å²) in [7, 11) is -3.57. The first-order valence-electron chi connectivity index (χ1n) is 7.39. The van der Waals surface area contributed by atoms with Crippen LogP contribution in [0, 0.1) is 6.92 Å². The van der Waals surface area contributed by atoms with Crippen LogP contribution in [-0.4, -0.2) is 20.4 Å². The molecule has 2 N–H and O–H groups in total. The van der Waals surface area contributed by atoms with Crippen molar-refractivity contribution in [3.05, 3.63) is 58.6 Å². The summed E-state index contributed by atoms with van der Waals surface area (Å²) in [4.78, 5) is 12.4. The second-order valence-corrected chi connectivity index (χ2v) is 7.86. The van der Waals surface area contributed by atoms with Crippen LogP contribution in [0.25, 0.3) is 0 Å². The summed E-state index contributed by atoms with van der Waals surface area (Å²) >= 11 is 5.89. The van der Waals surface area contributed by atoms with Gasteiger partial charge in [0.1, 0.15) is 0 Å². The van der Waals surface area contributed by atoms with Crippen molar-refractivity contribution in [2.45, 2.75) is 31.7 Å². The van der Waals surface area contributed by atoms with Crippen LogP contribution < -0.4 is 10.0 Å². The van der Waals surface area contributed by atoms with Crippen molar-refractivity contribution in [2.24, 2.45) is 0 Å². The van der Waals surface area contributed by atoms with Gasteiger partial charge in [-0.3, -0.25) is 4.79 Å². The summed E-state index contributed by atoms with van der Waals surface area (Å²) in [5, 5.41) is 3.38. The third-order valence-corrected chi connectivity index (χ3v) is 5.16. The molecular formula is C17H19ClN2O3S. The number of nitrogens with one attached hydrogen (secondary N) is 2. The van der Waals surface area contributed by atoms with Crippen molar-refractivity contribution in [1.29, 1.82) is 0 Å². The number of carbonyl (C=O) groups is 1. The normalized spacial score (nSPS) is 11.5. The van der Waals surface area contributed by atoms with Gasteiger partial charge in [-0.15, -0.1) is 0 Å². The van der Waals surface area contributed by atoms with Gasteiger partial charge in [0.2, 0.25) is 10.0 Å². The fourth-order valence-electron chi connectivity index (χ4n) is 2.13. The standard InChI is InChI=1S/C17H19ClN2O3S/c1-11(2)20-24(22,23)15-7-4-13(5-8-15)17(21)19-16-9-6-14(18)10-12(16)3/h4-11,20H,1-3H3,(H,19,21). The molecule has 128 valence electrons. The summed E-state index contributed by atoms with van der Waals surface area (Å²) in [6.07, 6.45) is 0. The summed E-state index contributed by atoms with van der Waals surface area (Å²) in [6.45, 7) is 5.33. The van der Waals surface area contributed by atoms with Gasteiger partial charge in [-0.2, -0.15) is 0 Å². The first kappa shape index (κ1) is 18.4. The van der Waals surface area contributed by atoms with Gasteiger partial charge in [-0.05, 0) is 68.8 Å². The Bertz CT molecular complexity index is 847. The molecule has 0 aliphatic rings. The third-order valence-electron chi connectivity index (χ3n) is 3.25. The molecule has 0 atom stereocenters. The Morgan fingerprint density at radius 3 is 2.25 bits per heavy atom. The molecule has 0 bridgehead atoms. The molecule has 0 saturated heterocycles. The lowest BCUT2D eigenvalue weighted by molar-refractivity contribution is 0.102. The minimum absolute atomic E-state index is 0.121. The molecule has 0 aliphatic carbocycles.